The van der Waals surface area contributed by atoms with E-state index in [9.17, 15) is 4.79 Å². The van der Waals surface area contributed by atoms with Crippen molar-refractivity contribution in [3.05, 3.63) is 71.0 Å². The number of carbonyl (C=O) groups is 1. The molecular weight excluding hydrogens is 312 g/mol. The van der Waals surface area contributed by atoms with Gasteiger partial charge in [-0.05, 0) is 30.0 Å². The number of fused-ring (bicyclic) bond motifs is 1. The van der Waals surface area contributed by atoms with Crippen molar-refractivity contribution in [3.63, 3.8) is 0 Å². The van der Waals surface area contributed by atoms with Gasteiger partial charge in [0.25, 0.3) is 0 Å². The average molecular weight is 336 g/mol. The smallest absolute Gasteiger partial charge is 0.334 e. The van der Waals surface area contributed by atoms with Gasteiger partial charge in [0.1, 0.15) is 0 Å². The zero-order valence-electron chi connectivity index (χ0n) is 15.0. The van der Waals surface area contributed by atoms with E-state index < -0.39 is 0 Å². The lowest BCUT2D eigenvalue weighted by molar-refractivity contribution is -0.143. The van der Waals surface area contributed by atoms with E-state index in [-0.39, 0.29) is 5.97 Å². The molecular formula is C21H24N2O2. The van der Waals surface area contributed by atoms with E-state index in [4.69, 9.17) is 4.84 Å². The van der Waals surface area contributed by atoms with Crippen molar-refractivity contribution in [1.29, 1.82) is 0 Å². The van der Waals surface area contributed by atoms with E-state index in [0.717, 1.165) is 17.7 Å². The first-order valence-corrected chi connectivity index (χ1v) is 8.72. The van der Waals surface area contributed by atoms with Crippen LogP contribution in [0.3, 0.4) is 0 Å². The van der Waals surface area contributed by atoms with Gasteiger partial charge in [0, 0.05) is 31.7 Å². The summed E-state index contributed by atoms with van der Waals surface area (Å²) >= 11 is 0. The molecule has 0 bridgehead atoms. The Hall–Kier alpha value is -2.62. The number of rotatable bonds is 5. The standard InChI is InChI=1S/C21H24N2O2/c1-4-21(24)25-22-19(13-16-10-6-5-9-15(16)2)18-14-23(3)20-12-8-7-11-17(18)20/h5-11,14,20H,4,12-13H2,1-3H3/b22-19+. The van der Waals surface area contributed by atoms with Gasteiger partial charge in [0.2, 0.25) is 0 Å². The first-order chi connectivity index (χ1) is 12.1. The Kier molecular flexibility index (Phi) is 5.17. The van der Waals surface area contributed by atoms with Crippen LogP contribution in [0.2, 0.25) is 0 Å². The highest BCUT2D eigenvalue weighted by Gasteiger charge is 2.30. The van der Waals surface area contributed by atoms with Crippen LogP contribution in [0.15, 0.2) is 65.0 Å². The SMILES string of the molecule is CCC(=O)O/N=C(\Cc1ccccc1C)C1=CN(C)C2CC=CC=C12. The van der Waals surface area contributed by atoms with Crippen LogP contribution in [0.1, 0.15) is 30.9 Å². The predicted octanol–water partition coefficient (Wildman–Crippen LogP) is 3.93. The number of hydrogen-bond acceptors (Lipinski definition) is 4. The minimum absolute atomic E-state index is 0.314. The summed E-state index contributed by atoms with van der Waals surface area (Å²) in [5, 5.41) is 4.25. The molecule has 1 unspecified atom stereocenters. The monoisotopic (exact) mass is 336 g/mol. The Morgan fingerprint density at radius 3 is 2.92 bits per heavy atom. The second-order valence-electron chi connectivity index (χ2n) is 6.47. The quantitative estimate of drug-likeness (QED) is 0.465. The van der Waals surface area contributed by atoms with Crippen LogP contribution in [0, 0.1) is 6.92 Å². The number of carbonyl (C=O) groups excluding carboxylic acids is 1. The van der Waals surface area contributed by atoms with Gasteiger partial charge in [0.15, 0.2) is 0 Å². The van der Waals surface area contributed by atoms with Crippen molar-refractivity contribution in [2.24, 2.45) is 5.16 Å². The van der Waals surface area contributed by atoms with Crippen LogP contribution in [0.4, 0.5) is 0 Å². The summed E-state index contributed by atoms with van der Waals surface area (Å²) in [6.07, 6.45) is 10.4. The molecule has 1 heterocycles. The van der Waals surface area contributed by atoms with Crippen molar-refractivity contribution in [2.75, 3.05) is 7.05 Å². The van der Waals surface area contributed by atoms with Gasteiger partial charge in [-0.3, -0.25) is 0 Å². The Balaban J connectivity index is 1.95. The summed E-state index contributed by atoms with van der Waals surface area (Å²) in [5.74, 6) is -0.316. The van der Waals surface area contributed by atoms with E-state index in [1.807, 2.05) is 12.1 Å². The van der Waals surface area contributed by atoms with E-state index in [1.54, 1.807) is 6.92 Å². The number of nitrogens with zero attached hydrogens (tertiary/aromatic N) is 2. The summed E-state index contributed by atoms with van der Waals surface area (Å²) < 4.78 is 0. The van der Waals surface area contributed by atoms with Gasteiger partial charge in [-0.1, -0.05) is 54.6 Å². The zero-order chi connectivity index (χ0) is 17.8. The largest absolute Gasteiger partial charge is 0.372 e. The molecule has 4 heteroatoms. The first kappa shape index (κ1) is 17.2. The highest BCUT2D eigenvalue weighted by Crippen LogP contribution is 2.33. The van der Waals surface area contributed by atoms with Gasteiger partial charge < -0.3 is 9.74 Å². The van der Waals surface area contributed by atoms with Gasteiger partial charge in [-0.25, -0.2) is 4.79 Å². The molecule has 130 valence electrons. The molecule has 0 saturated carbocycles. The Bertz CT molecular complexity index is 787. The van der Waals surface area contributed by atoms with E-state index in [1.165, 1.54) is 16.7 Å². The summed E-state index contributed by atoms with van der Waals surface area (Å²) in [5.41, 5.74) is 5.49. The van der Waals surface area contributed by atoms with Crippen LogP contribution in [-0.2, 0) is 16.1 Å². The van der Waals surface area contributed by atoms with Gasteiger partial charge in [-0.2, -0.15) is 0 Å². The maximum Gasteiger partial charge on any atom is 0.334 e. The van der Waals surface area contributed by atoms with Crippen molar-refractivity contribution in [2.45, 2.75) is 39.2 Å². The molecule has 4 nitrogen and oxygen atoms in total. The van der Waals surface area contributed by atoms with Crippen LogP contribution >= 0.6 is 0 Å². The number of likely N-dealkylation sites (N-methyl/N-ethyl adjacent to an activating group) is 1. The predicted molar refractivity (Wildman–Crippen MR) is 100 cm³/mol. The maximum atomic E-state index is 11.6. The molecule has 2 aliphatic rings. The summed E-state index contributed by atoms with van der Waals surface area (Å²) in [6.45, 7) is 3.86. The molecule has 0 aromatic heterocycles. The Morgan fingerprint density at radius 1 is 1.36 bits per heavy atom. The minimum atomic E-state index is -0.316. The van der Waals surface area contributed by atoms with Crippen LogP contribution in [0.5, 0.6) is 0 Å². The fourth-order valence-electron chi connectivity index (χ4n) is 3.22. The van der Waals surface area contributed by atoms with Crippen LogP contribution < -0.4 is 0 Å². The molecule has 1 aromatic rings. The Labute approximate surface area is 149 Å². The number of oxime groups is 1. The van der Waals surface area contributed by atoms with Gasteiger partial charge >= 0.3 is 5.97 Å². The molecule has 0 amide bonds. The number of allylic oxidation sites excluding steroid dienone is 2. The first-order valence-electron chi connectivity index (χ1n) is 8.72. The Morgan fingerprint density at radius 2 is 2.16 bits per heavy atom. The summed E-state index contributed by atoms with van der Waals surface area (Å²) in [4.78, 5) is 19.0. The van der Waals surface area contributed by atoms with Crippen molar-refractivity contribution in [1.82, 2.24) is 4.90 Å². The molecule has 1 aromatic carbocycles. The molecule has 1 aliphatic heterocycles. The summed E-state index contributed by atoms with van der Waals surface area (Å²) in [6, 6.07) is 8.58. The zero-order valence-corrected chi connectivity index (χ0v) is 15.0. The molecule has 25 heavy (non-hydrogen) atoms. The third kappa shape index (κ3) is 3.73. The number of hydrogen-bond donors (Lipinski definition) is 0. The molecule has 0 fully saturated rings. The molecule has 1 aliphatic carbocycles. The van der Waals surface area contributed by atoms with Crippen molar-refractivity contribution in [3.8, 4) is 0 Å². The highest BCUT2D eigenvalue weighted by atomic mass is 16.7. The van der Waals surface area contributed by atoms with E-state index in [2.05, 4.69) is 60.6 Å². The van der Waals surface area contributed by atoms with Crippen molar-refractivity contribution < 1.29 is 9.63 Å². The molecule has 1 atom stereocenters. The van der Waals surface area contributed by atoms with Gasteiger partial charge in [0.05, 0.1) is 11.8 Å². The maximum absolute atomic E-state index is 11.6. The lowest BCUT2D eigenvalue weighted by atomic mass is 9.90. The number of benzene rings is 1. The van der Waals surface area contributed by atoms with Crippen molar-refractivity contribution >= 4 is 11.7 Å². The minimum Gasteiger partial charge on any atom is -0.372 e. The molecule has 3 rings (SSSR count). The molecule has 0 N–H and O–H groups in total. The lowest BCUT2D eigenvalue weighted by Gasteiger charge is -2.23. The summed E-state index contributed by atoms with van der Waals surface area (Å²) in [7, 11) is 2.08. The second-order valence-corrected chi connectivity index (χ2v) is 6.47. The highest BCUT2D eigenvalue weighted by molar-refractivity contribution is 6.06. The lowest BCUT2D eigenvalue weighted by Crippen LogP contribution is -2.25. The fourth-order valence-corrected chi connectivity index (χ4v) is 3.22. The molecule has 0 radical (unpaired) electrons. The number of aryl methyl sites for hydroxylation is 1. The fraction of sp³-hybridized carbons (Fsp3) is 0.333. The normalized spacial score (nSPS) is 19.4. The van der Waals surface area contributed by atoms with Gasteiger partial charge in [-0.15, -0.1) is 0 Å². The molecule has 0 spiro atoms. The average Bonchev–Trinajstić information content (AvgIpc) is 2.97. The van der Waals surface area contributed by atoms with Crippen LogP contribution in [-0.4, -0.2) is 29.7 Å². The third-order valence-corrected chi connectivity index (χ3v) is 4.74. The van der Waals surface area contributed by atoms with E-state index in [0.29, 0.717) is 18.9 Å². The second kappa shape index (κ2) is 7.51. The third-order valence-electron chi connectivity index (χ3n) is 4.74. The van der Waals surface area contributed by atoms with Crippen LogP contribution in [0.25, 0.3) is 0 Å². The van der Waals surface area contributed by atoms with E-state index >= 15 is 0 Å². The topological polar surface area (TPSA) is 41.9 Å². The molecule has 0 saturated heterocycles.